The summed E-state index contributed by atoms with van der Waals surface area (Å²) in [7, 11) is 0. The van der Waals surface area contributed by atoms with Gasteiger partial charge >= 0.3 is 0 Å². The van der Waals surface area contributed by atoms with Crippen LogP contribution < -0.4 is 0 Å². The average Bonchev–Trinajstić information content (AvgIpc) is 2.84. The van der Waals surface area contributed by atoms with Crippen molar-refractivity contribution in [2.75, 3.05) is 0 Å². The SMILES string of the molecule is OC1CCC(n2ccc3c(Cl)ncnc32)C1. The molecule has 0 bridgehead atoms. The van der Waals surface area contributed by atoms with Gasteiger partial charge in [0.15, 0.2) is 0 Å². The van der Waals surface area contributed by atoms with Gasteiger partial charge in [0.1, 0.15) is 17.1 Å². The Bertz CT molecular complexity index is 525. The molecule has 1 fully saturated rings. The van der Waals surface area contributed by atoms with Gasteiger partial charge in [-0.2, -0.15) is 0 Å². The highest BCUT2D eigenvalue weighted by atomic mass is 35.5. The van der Waals surface area contributed by atoms with Crippen LogP contribution in [0.4, 0.5) is 0 Å². The molecule has 2 unspecified atom stereocenters. The number of aromatic nitrogens is 3. The molecule has 2 aromatic heterocycles. The highest BCUT2D eigenvalue weighted by Gasteiger charge is 2.25. The van der Waals surface area contributed by atoms with Crippen LogP contribution in [0.3, 0.4) is 0 Å². The molecule has 1 aliphatic carbocycles. The van der Waals surface area contributed by atoms with Gasteiger partial charge < -0.3 is 9.67 Å². The smallest absolute Gasteiger partial charge is 0.145 e. The highest BCUT2D eigenvalue weighted by Crippen LogP contribution is 2.33. The molecule has 0 aliphatic heterocycles. The van der Waals surface area contributed by atoms with Crippen LogP contribution in [0.2, 0.25) is 5.15 Å². The lowest BCUT2D eigenvalue weighted by molar-refractivity contribution is 0.178. The average molecular weight is 238 g/mol. The van der Waals surface area contributed by atoms with E-state index in [-0.39, 0.29) is 6.10 Å². The standard InChI is InChI=1S/C11H12ClN3O/c12-10-9-3-4-15(11(9)14-6-13-10)7-1-2-8(16)5-7/h3-4,6-8,16H,1-2,5H2. The van der Waals surface area contributed by atoms with Crippen molar-refractivity contribution in [3.8, 4) is 0 Å². The molecular formula is C11H12ClN3O. The summed E-state index contributed by atoms with van der Waals surface area (Å²) >= 11 is 5.99. The van der Waals surface area contributed by atoms with Gasteiger partial charge in [-0.3, -0.25) is 0 Å². The van der Waals surface area contributed by atoms with Crippen LogP contribution >= 0.6 is 11.6 Å². The number of halogens is 1. The lowest BCUT2D eigenvalue weighted by Gasteiger charge is -2.12. The van der Waals surface area contributed by atoms with E-state index in [0.717, 1.165) is 30.3 Å². The fraction of sp³-hybridized carbons (Fsp3) is 0.455. The molecule has 0 spiro atoms. The van der Waals surface area contributed by atoms with E-state index in [4.69, 9.17) is 11.6 Å². The summed E-state index contributed by atoms with van der Waals surface area (Å²) in [5.74, 6) is 0. The lowest BCUT2D eigenvalue weighted by Crippen LogP contribution is -2.06. The van der Waals surface area contributed by atoms with Crippen molar-refractivity contribution < 1.29 is 5.11 Å². The fourth-order valence-electron chi connectivity index (χ4n) is 2.42. The maximum absolute atomic E-state index is 9.55. The molecule has 16 heavy (non-hydrogen) atoms. The Kier molecular flexibility index (Phi) is 2.33. The molecular weight excluding hydrogens is 226 g/mol. The van der Waals surface area contributed by atoms with E-state index >= 15 is 0 Å². The third-order valence-electron chi connectivity index (χ3n) is 3.23. The van der Waals surface area contributed by atoms with Gasteiger partial charge in [0.2, 0.25) is 0 Å². The van der Waals surface area contributed by atoms with Gasteiger partial charge in [0.05, 0.1) is 11.5 Å². The zero-order chi connectivity index (χ0) is 11.1. The number of fused-ring (bicyclic) bond motifs is 1. The Labute approximate surface area is 97.9 Å². The first-order valence-electron chi connectivity index (χ1n) is 5.41. The maximum atomic E-state index is 9.55. The molecule has 1 saturated carbocycles. The van der Waals surface area contributed by atoms with Gasteiger partial charge in [0.25, 0.3) is 0 Å². The number of hydrogen-bond acceptors (Lipinski definition) is 3. The third-order valence-corrected chi connectivity index (χ3v) is 3.53. The summed E-state index contributed by atoms with van der Waals surface area (Å²) < 4.78 is 2.10. The largest absolute Gasteiger partial charge is 0.393 e. The summed E-state index contributed by atoms with van der Waals surface area (Å²) in [5, 5.41) is 10.9. The third kappa shape index (κ3) is 1.49. The van der Waals surface area contributed by atoms with E-state index < -0.39 is 0 Å². The van der Waals surface area contributed by atoms with Crippen molar-refractivity contribution in [3.63, 3.8) is 0 Å². The van der Waals surface area contributed by atoms with Crippen LogP contribution in [-0.4, -0.2) is 25.7 Å². The lowest BCUT2D eigenvalue weighted by atomic mass is 10.2. The van der Waals surface area contributed by atoms with Gasteiger partial charge in [-0.25, -0.2) is 9.97 Å². The van der Waals surface area contributed by atoms with Gasteiger partial charge in [0, 0.05) is 12.2 Å². The van der Waals surface area contributed by atoms with Crippen molar-refractivity contribution in [2.24, 2.45) is 0 Å². The summed E-state index contributed by atoms with van der Waals surface area (Å²) in [5.41, 5.74) is 0.860. The first-order valence-corrected chi connectivity index (χ1v) is 5.78. The maximum Gasteiger partial charge on any atom is 0.145 e. The first-order chi connectivity index (χ1) is 7.75. The van der Waals surface area contributed by atoms with Crippen molar-refractivity contribution >= 4 is 22.6 Å². The van der Waals surface area contributed by atoms with Crippen LogP contribution in [0.1, 0.15) is 25.3 Å². The van der Waals surface area contributed by atoms with Crippen LogP contribution in [-0.2, 0) is 0 Å². The molecule has 3 rings (SSSR count). The zero-order valence-corrected chi connectivity index (χ0v) is 9.43. The molecule has 5 heteroatoms. The van der Waals surface area contributed by atoms with Crippen molar-refractivity contribution in [1.29, 1.82) is 0 Å². The number of aliphatic hydroxyl groups is 1. The molecule has 0 saturated heterocycles. The van der Waals surface area contributed by atoms with Crippen LogP contribution in [0.25, 0.3) is 11.0 Å². The van der Waals surface area contributed by atoms with Gasteiger partial charge in [-0.15, -0.1) is 0 Å². The summed E-state index contributed by atoms with van der Waals surface area (Å²) in [6.45, 7) is 0. The van der Waals surface area contributed by atoms with E-state index in [2.05, 4.69) is 14.5 Å². The molecule has 84 valence electrons. The second-order valence-corrected chi connectivity index (χ2v) is 4.60. The van der Waals surface area contributed by atoms with E-state index in [9.17, 15) is 5.11 Å². The van der Waals surface area contributed by atoms with Crippen LogP contribution in [0.15, 0.2) is 18.6 Å². The Morgan fingerprint density at radius 2 is 2.25 bits per heavy atom. The van der Waals surface area contributed by atoms with Crippen molar-refractivity contribution in [3.05, 3.63) is 23.7 Å². The molecule has 0 amide bonds. The number of hydrogen-bond donors (Lipinski definition) is 1. The van der Waals surface area contributed by atoms with Crippen molar-refractivity contribution in [1.82, 2.24) is 14.5 Å². The van der Waals surface area contributed by atoms with Gasteiger partial charge in [-0.05, 0) is 25.3 Å². The Balaban J connectivity index is 2.08. The first kappa shape index (κ1) is 10.1. The highest BCUT2D eigenvalue weighted by molar-refractivity contribution is 6.33. The van der Waals surface area contributed by atoms with Gasteiger partial charge in [-0.1, -0.05) is 11.6 Å². The number of nitrogens with zero attached hydrogens (tertiary/aromatic N) is 3. The van der Waals surface area contributed by atoms with Crippen LogP contribution in [0.5, 0.6) is 0 Å². The van der Waals surface area contributed by atoms with E-state index in [1.807, 2.05) is 12.3 Å². The number of rotatable bonds is 1. The molecule has 0 radical (unpaired) electrons. The Morgan fingerprint density at radius 1 is 1.38 bits per heavy atom. The molecule has 2 heterocycles. The van der Waals surface area contributed by atoms with Crippen molar-refractivity contribution in [2.45, 2.75) is 31.4 Å². The van der Waals surface area contributed by atoms with Crippen LogP contribution in [0, 0.1) is 0 Å². The number of aliphatic hydroxyl groups excluding tert-OH is 1. The minimum absolute atomic E-state index is 0.181. The molecule has 0 aromatic carbocycles. The Morgan fingerprint density at radius 3 is 3.00 bits per heavy atom. The Hall–Kier alpha value is -1.13. The summed E-state index contributed by atoms with van der Waals surface area (Å²) in [4.78, 5) is 8.21. The minimum atomic E-state index is -0.181. The summed E-state index contributed by atoms with van der Waals surface area (Å²) in [6, 6.07) is 2.26. The monoisotopic (exact) mass is 237 g/mol. The quantitative estimate of drug-likeness (QED) is 0.774. The molecule has 4 nitrogen and oxygen atoms in total. The van der Waals surface area contributed by atoms with E-state index in [1.165, 1.54) is 6.33 Å². The second-order valence-electron chi connectivity index (χ2n) is 4.25. The molecule has 2 aromatic rings. The normalized spacial score (nSPS) is 25.4. The minimum Gasteiger partial charge on any atom is -0.393 e. The summed E-state index contributed by atoms with van der Waals surface area (Å²) in [6.07, 6.45) is 5.93. The predicted octanol–water partition coefficient (Wildman–Crippen LogP) is 2.17. The van der Waals surface area contributed by atoms with E-state index in [1.54, 1.807) is 0 Å². The molecule has 2 atom stereocenters. The molecule has 1 aliphatic rings. The zero-order valence-electron chi connectivity index (χ0n) is 8.67. The topological polar surface area (TPSA) is 50.9 Å². The molecule has 1 N–H and O–H groups in total. The second kappa shape index (κ2) is 3.71. The fourth-order valence-corrected chi connectivity index (χ4v) is 2.61. The predicted molar refractivity (Wildman–Crippen MR) is 61.4 cm³/mol. The van der Waals surface area contributed by atoms with E-state index in [0.29, 0.717) is 11.2 Å².